The van der Waals surface area contributed by atoms with Crippen molar-refractivity contribution < 1.29 is 4.74 Å². The molecule has 0 radical (unpaired) electrons. The first-order valence-corrected chi connectivity index (χ1v) is 7.67. The van der Waals surface area contributed by atoms with Crippen LogP contribution in [0.4, 0.5) is 5.69 Å². The summed E-state index contributed by atoms with van der Waals surface area (Å²) < 4.78 is 6.92. The number of hydrogen-bond donors (Lipinski definition) is 0. The molecule has 0 aromatic heterocycles. The Morgan fingerprint density at radius 3 is 2.95 bits per heavy atom. The van der Waals surface area contributed by atoms with E-state index in [0.29, 0.717) is 17.7 Å². The second-order valence-corrected chi connectivity index (χ2v) is 6.09. The predicted molar refractivity (Wildman–Crippen MR) is 78.2 cm³/mol. The Labute approximate surface area is 122 Å². The first kappa shape index (κ1) is 13.0. The first-order chi connectivity index (χ1) is 9.29. The van der Waals surface area contributed by atoms with Crippen LogP contribution in [-0.4, -0.2) is 25.3 Å². The molecule has 3 nitrogen and oxygen atoms in total. The zero-order valence-corrected chi connectivity index (χ0v) is 12.4. The second kappa shape index (κ2) is 5.52. The van der Waals surface area contributed by atoms with Crippen LogP contribution < -0.4 is 4.90 Å². The zero-order valence-electron chi connectivity index (χ0n) is 10.8. The van der Waals surface area contributed by atoms with E-state index in [9.17, 15) is 0 Å². The van der Waals surface area contributed by atoms with Crippen LogP contribution in [0.3, 0.4) is 0 Å². The summed E-state index contributed by atoms with van der Waals surface area (Å²) in [5.74, 6) is 0. The summed E-state index contributed by atoms with van der Waals surface area (Å²) in [6.07, 6.45) is 5.33. The molecule has 2 unspecified atom stereocenters. The van der Waals surface area contributed by atoms with Gasteiger partial charge < -0.3 is 9.64 Å². The van der Waals surface area contributed by atoms with E-state index in [1.165, 1.54) is 31.4 Å². The molecule has 2 fully saturated rings. The van der Waals surface area contributed by atoms with Crippen LogP contribution in [-0.2, 0) is 4.74 Å². The van der Waals surface area contributed by atoms with Gasteiger partial charge in [0.25, 0.3) is 0 Å². The van der Waals surface area contributed by atoms with Crippen LogP contribution in [0.2, 0.25) is 0 Å². The van der Waals surface area contributed by atoms with Crippen molar-refractivity contribution in [3.63, 3.8) is 0 Å². The highest BCUT2D eigenvalue weighted by Crippen LogP contribution is 2.35. The molecule has 0 N–H and O–H groups in total. The van der Waals surface area contributed by atoms with Gasteiger partial charge in [0.15, 0.2) is 0 Å². The van der Waals surface area contributed by atoms with Crippen LogP contribution in [0.1, 0.15) is 31.2 Å². The van der Waals surface area contributed by atoms with Gasteiger partial charge in [-0.2, -0.15) is 5.26 Å². The molecular weight excluding hydrogens is 304 g/mol. The molecule has 0 spiro atoms. The molecule has 1 heterocycles. The molecule has 3 rings (SSSR count). The van der Waals surface area contributed by atoms with E-state index >= 15 is 0 Å². The lowest BCUT2D eigenvalue weighted by Gasteiger charge is -2.45. The molecule has 1 aliphatic carbocycles. The Kier molecular flexibility index (Phi) is 3.76. The predicted octanol–water partition coefficient (Wildman–Crippen LogP) is 3.47. The smallest absolute Gasteiger partial charge is 0.0992 e. The fourth-order valence-electron chi connectivity index (χ4n) is 3.20. The molecule has 1 aromatic carbocycles. The van der Waals surface area contributed by atoms with Gasteiger partial charge in [0.2, 0.25) is 0 Å². The van der Waals surface area contributed by atoms with Crippen LogP contribution in [0.25, 0.3) is 0 Å². The summed E-state index contributed by atoms with van der Waals surface area (Å²) in [4.78, 5) is 2.46. The van der Waals surface area contributed by atoms with E-state index in [0.717, 1.165) is 17.6 Å². The lowest BCUT2D eigenvalue weighted by atomic mass is 9.90. The van der Waals surface area contributed by atoms with Crippen molar-refractivity contribution in [2.45, 2.75) is 37.8 Å². The molecule has 4 heteroatoms. The Morgan fingerprint density at radius 1 is 1.32 bits per heavy atom. The molecule has 1 saturated carbocycles. The lowest BCUT2D eigenvalue weighted by molar-refractivity contribution is -0.00872. The SMILES string of the molecule is N#Cc1ccc(N2CCOC3CCCCC32)c(Br)c1. The summed E-state index contributed by atoms with van der Waals surface area (Å²) in [6, 6.07) is 8.53. The molecule has 0 amide bonds. The average molecular weight is 321 g/mol. The number of rotatable bonds is 1. The normalized spacial score (nSPS) is 26.6. The van der Waals surface area contributed by atoms with Gasteiger partial charge in [-0.05, 0) is 47.0 Å². The van der Waals surface area contributed by atoms with E-state index in [4.69, 9.17) is 10.00 Å². The van der Waals surface area contributed by atoms with Crippen LogP contribution in [0, 0.1) is 11.3 Å². The summed E-state index contributed by atoms with van der Waals surface area (Å²) in [5, 5.41) is 8.95. The van der Waals surface area contributed by atoms with Crippen molar-refractivity contribution in [3.05, 3.63) is 28.2 Å². The van der Waals surface area contributed by atoms with Crippen molar-refractivity contribution in [3.8, 4) is 6.07 Å². The van der Waals surface area contributed by atoms with Crippen molar-refractivity contribution in [1.82, 2.24) is 0 Å². The van der Waals surface area contributed by atoms with E-state index in [-0.39, 0.29) is 0 Å². The first-order valence-electron chi connectivity index (χ1n) is 6.87. The number of ether oxygens (including phenoxy) is 1. The summed E-state index contributed by atoms with van der Waals surface area (Å²) in [5.41, 5.74) is 1.89. The minimum absolute atomic E-state index is 0.380. The quantitative estimate of drug-likeness (QED) is 0.795. The van der Waals surface area contributed by atoms with E-state index in [1.54, 1.807) is 0 Å². The molecule has 1 aliphatic heterocycles. The maximum Gasteiger partial charge on any atom is 0.0992 e. The Bertz CT molecular complexity index is 509. The summed E-state index contributed by atoms with van der Waals surface area (Å²) >= 11 is 3.61. The van der Waals surface area contributed by atoms with Crippen molar-refractivity contribution in [2.24, 2.45) is 0 Å². The molecule has 19 heavy (non-hydrogen) atoms. The number of nitrogens with zero attached hydrogens (tertiary/aromatic N) is 2. The zero-order chi connectivity index (χ0) is 13.2. The number of morpholine rings is 1. The topological polar surface area (TPSA) is 36.3 Å². The third kappa shape index (κ3) is 2.50. The van der Waals surface area contributed by atoms with Crippen LogP contribution >= 0.6 is 15.9 Å². The third-order valence-corrected chi connectivity index (χ3v) is 4.75. The van der Waals surface area contributed by atoms with Gasteiger partial charge in [-0.3, -0.25) is 0 Å². The third-order valence-electron chi connectivity index (χ3n) is 4.12. The maximum absolute atomic E-state index is 8.95. The Morgan fingerprint density at radius 2 is 2.16 bits per heavy atom. The number of halogens is 1. The molecule has 1 aromatic rings. The van der Waals surface area contributed by atoms with E-state index < -0.39 is 0 Å². The van der Waals surface area contributed by atoms with E-state index in [1.807, 2.05) is 12.1 Å². The number of benzene rings is 1. The molecular formula is C15H17BrN2O. The molecule has 0 bridgehead atoms. The molecule has 1 saturated heterocycles. The minimum Gasteiger partial charge on any atom is -0.374 e. The highest BCUT2D eigenvalue weighted by molar-refractivity contribution is 9.10. The molecule has 2 aliphatic rings. The van der Waals surface area contributed by atoms with Gasteiger partial charge in [0.05, 0.1) is 36.1 Å². The monoisotopic (exact) mass is 320 g/mol. The largest absolute Gasteiger partial charge is 0.374 e. The number of nitriles is 1. The van der Waals surface area contributed by atoms with Crippen LogP contribution in [0.15, 0.2) is 22.7 Å². The van der Waals surface area contributed by atoms with Gasteiger partial charge in [-0.25, -0.2) is 0 Å². The van der Waals surface area contributed by atoms with Crippen molar-refractivity contribution >= 4 is 21.6 Å². The van der Waals surface area contributed by atoms with Gasteiger partial charge in [0.1, 0.15) is 0 Å². The Balaban J connectivity index is 1.90. The average Bonchev–Trinajstić information content (AvgIpc) is 2.46. The van der Waals surface area contributed by atoms with Crippen molar-refractivity contribution in [1.29, 1.82) is 5.26 Å². The van der Waals surface area contributed by atoms with Gasteiger partial charge in [-0.15, -0.1) is 0 Å². The number of fused-ring (bicyclic) bond motifs is 1. The highest BCUT2D eigenvalue weighted by atomic mass is 79.9. The lowest BCUT2D eigenvalue weighted by Crippen LogP contribution is -2.53. The fraction of sp³-hybridized carbons (Fsp3) is 0.533. The fourth-order valence-corrected chi connectivity index (χ4v) is 3.81. The molecule has 100 valence electrons. The van der Waals surface area contributed by atoms with Gasteiger partial charge >= 0.3 is 0 Å². The maximum atomic E-state index is 8.95. The number of anilines is 1. The van der Waals surface area contributed by atoms with Crippen molar-refractivity contribution in [2.75, 3.05) is 18.1 Å². The number of hydrogen-bond acceptors (Lipinski definition) is 3. The molecule has 2 atom stereocenters. The standard InChI is InChI=1S/C15H17BrN2O/c16-12-9-11(10-17)5-6-13(12)18-7-8-19-15-4-2-1-3-14(15)18/h5-6,9,14-15H,1-4,7-8H2. The summed E-state index contributed by atoms with van der Waals surface area (Å²) in [7, 11) is 0. The summed E-state index contributed by atoms with van der Waals surface area (Å²) in [6.45, 7) is 1.74. The second-order valence-electron chi connectivity index (χ2n) is 5.23. The minimum atomic E-state index is 0.380. The van der Waals surface area contributed by atoms with Gasteiger partial charge in [0, 0.05) is 11.0 Å². The Hall–Kier alpha value is -1.05. The van der Waals surface area contributed by atoms with Crippen LogP contribution in [0.5, 0.6) is 0 Å². The van der Waals surface area contributed by atoms with Gasteiger partial charge in [-0.1, -0.05) is 12.8 Å². The van der Waals surface area contributed by atoms with E-state index in [2.05, 4.69) is 33.0 Å². The highest BCUT2D eigenvalue weighted by Gasteiger charge is 2.34.